The number of amides is 1. The molecule has 0 unspecified atom stereocenters. The Balaban J connectivity index is 1.73. The van der Waals surface area contributed by atoms with Crippen LogP contribution in [0.3, 0.4) is 0 Å². The van der Waals surface area contributed by atoms with Gasteiger partial charge in [0, 0.05) is 5.56 Å². The van der Waals surface area contributed by atoms with Gasteiger partial charge in [0.25, 0.3) is 5.91 Å². The highest BCUT2D eigenvalue weighted by molar-refractivity contribution is 7.22. The summed E-state index contributed by atoms with van der Waals surface area (Å²) in [6, 6.07) is 21.9. The van der Waals surface area contributed by atoms with Crippen LogP contribution in [0.4, 0.5) is 5.13 Å². The first-order valence-electron chi connectivity index (χ1n) is 10.6. The number of rotatable bonds is 4. The van der Waals surface area contributed by atoms with Gasteiger partial charge in [-0.25, -0.2) is 4.98 Å². The molecule has 0 saturated carbocycles. The van der Waals surface area contributed by atoms with Crippen LogP contribution in [-0.4, -0.2) is 17.1 Å². The SMILES string of the molecule is Cc1ccc(/C=N/N(C(=O)c2ccc(C(C)(C)C)cc2)c2nc3ccc(C)cc3s2)cc1. The van der Waals surface area contributed by atoms with Crippen LogP contribution in [-0.2, 0) is 5.41 Å². The maximum atomic E-state index is 13.5. The minimum Gasteiger partial charge on any atom is -0.267 e. The van der Waals surface area contributed by atoms with Gasteiger partial charge in [-0.2, -0.15) is 10.1 Å². The number of fused-ring (bicyclic) bond motifs is 1. The molecule has 0 N–H and O–H groups in total. The van der Waals surface area contributed by atoms with Crippen molar-refractivity contribution in [3.8, 4) is 0 Å². The Labute approximate surface area is 193 Å². The van der Waals surface area contributed by atoms with Crippen LogP contribution in [0.25, 0.3) is 10.2 Å². The van der Waals surface area contributed by atoms with E-state index in [-0.39, 0.29) is 11.3 Å². The molecule has 0 aliphatic carbocycles. The summed E-state index contributed by atoms with van der Waals surface area (Å²) in [5.74, 6) is -0.204. The first-order valence-corrected chi connectivity index (χ1v) is 11.5. The smallest absolute Gasteiger partial charge is 0.267 e. The van der Waals surface area contributed by atoms with Crippen LogP contribution < -0.4 is 5.01 Å². The lowest BCUT2D eigenvalue weighted by Crippen LogP contribution is -2.25. The summed E-state index contributed by atoms with van der Waals surface area (Å²) in [7, 11) is 0. The van der Waals surface area contributed by atoms with Gasteiger partial charge in [0.1, 0.15) is 0 Å². The molecule has 4 aromatic rings. The number of nitrogens with zero attached hydrogens (tertiary/aromatic N) is 3. The maximum Gasteiger partial charge on any atom is 0.280 e. The van der Waals surface area contributed by atoms with E-state index < -0.39 is 0 Å². The van der Waals surface area contributed by atoms with Gasteiger partial charge in [0.2, 0.25) is 5.13 Å². The van der Waals surface area contributed by atoms with E-state index in [1.165, 1.54) is 27.5 Å². The Morgan fingerprint density at radius 3 is 2.25 bits per heavy atom. The molecule has 1 amide bonds. The molecule has 32 heavy (non-hydrogen) atoms. The summed E-state index contributed by atoms with van der Waals surface area (Å²) in [6.45, 7) is 10.6. The molecule has 0 aliphatic heterocycles. The number of hydrazone groups is 1. The number of thiazole rings is 1. The Morgan fingerprint density at radius 2 is 1.59 bits per heavy atom. The highest BCUT2D eigenvalue weighted by Crippen LogP contribution is 2.31. The van der Waals surface area contributed by atoms with Crippen molar-refractivity contribution in [2.75, 3.05) is 5.01 Å². The fourth-order valence-corrected chi connectivity index (χ4v) is 4.33. The van der Waals surface area contributed by atoms with Crippen LogP contribution in [0.15, 0.2) is 71.8 Å². The molecule has 162 valence electrons. The molecular formula is C27H27N3OS. The van der Waals surface area contributed by atoms with Crippen LogP contribution in [0.2, 0.25) is 0 Å². The standard InChI is InChI=1S/C27H27N3OS/c1-18-6-9-20(10-7-18)17-28-30(26-29-23-15-8-19(2)16-24(23)32-26)25(31)21-11-13-22(14-12-21)27(3,4)5/h6-17H,1-5H3/b28-17+. The van der Waals surface area contributed by atoms with Crippen molar-refractivity contribution >= 4 is 38.8 Å². The minimum absolute atomic E-state index is 0.0236. The quantitative estimate of drug-likeness (QED) is 0.256. The summed E-state index contributed by atoms with van der Waals surface area (Å²) in [4.78, 5) is 18.2. The molecule has 0 bridgehead atoms. The number of carbonyl (C=O) groups excluding carboxylic acids is 1. The van der Waals surface area contributed by atoms with Gasteiger partial charge in [-0.3, -0.25) is 4.79 Å². The summed E-state index contributed by atoms with van der Waals surface area (Å²) < 4.78 is 1.03. The second-order valence-electron chi connectivity index (χ2n) is 9.07. The molecule has 1 aromatic heterocycles. The van der Waals surface area contributed by atoms with Crippen molar-refractivity contribution in [1.29, 1.82) is 0 Å². The van der Waals surface area contributed by atoms with E-state index in [4.69, 9.17) is 4.98 Å². The molecule has 0 saturated heterocycles. The van der Waals surface area contributed by atoms with Crippen molar-refractivity contribution < 1.29 is 4.79 Å². The van der Waals surface area contributed by atoms with Crippen LogP contribution >= 0.6 is 11.3 Å². The van der Waals surface area contributed by atoms with Gasteiger partial charge in [0.05, 0.1) is 16.4 Å². The number of benzene rings is 3. The van der Waals surface area contributed by atoms with E-state index in [9.17, 15) is 4.79 Å². The largest absolute Gasteiger partial charge is 0.280 e. The van der Waals surface area contributed by atoms with Crippen LogP contribution in [0.1, 0.15) is 53.4 Å². The number of hydrogen-bond donors (Lipinski definition) is 0. The zero-order valence-corrected chi connectivity index (χ0v) is 19.9. The fraction of sp³-hybridized carbons (Fsp3) is 0.222. The molecule has 0 atom stereocenters. The molecule has 0 radical (unpaired) electrons. The number of aromatic nitrogens is 1. The number of anilines is 1. The molecule has 4 rings (SSSR count). The van der Waals surface area contributed by atoms with E-state index in [2.05, 4.69) is 31.9 Å². The van der Waals surface area contributed by atoms with Crippen LogP contribution in [0, 0.1) is 13.8 Å². The number of carbonyl (C=O) groups is 1. The second kappa shape index (κ2) is 8.67. The Kier molecular flexibility index (Phi) is 5.94. The summed E-state index contributed by atoms with van der Waals surface area (Å²) >= 11 is 1.47. The minimum atomic E-state index is -0.204. The van der Waals surface area contributed by atoms with E-state index >= 15 is 0 Å². The molecule has 0 spiro atoms. The van der Waals surface area contributed by atoms with Crippen molar-refractivity contribution in [1.82, 2.24) is 4.98 Å². The monoisotopic (exact) mass is 441 g/mol. The highest BCUT2D eigenvalue weighted by atomic mass is 32.1. The van der Waals surface area contributed by atoms with E-state index in [0.29, 0.717) is 10.7 Å². The summed E-state index contributed by atoms with van der Waals surface area (Å²) in [5.41, 5.74) is 5.90. The zero-order valence-electron chi connectivity index (χ0n) is 19.1. The van der Waals surface area contributed by atoms with Gasteiger partial charge in [-0.15, -0.1) is 0 Å². The average molecular weight is 442 g/mol. The Morgan fingerprint density at radius 1 is 0.938 bits per heavy atom. The third-order valence-corrected chi connectivity index (χ3v) is 6.30. The third-order valence-electron chi connectivity index (χ3n) is 5.30. The van der Waals surface area contributed by atoms with Gasteiger partial charge in [-0.05, 0) is 60.2 Å². The predicted octanol–water partition coefficient (Wildman–Crippen LogP) is 6.89. The van der Waals surface area contributed by atoms with Gasteiger partial charge in [0.15, 0.2) is 0 Å². The predicted molar refractivity (Wildman–Crippen MR) is 135 cm³/mol. The normalized spacial score (nSPS) is 11.9. The molecule has 5 heteroatoms. The lowest BCUT2D eigenvalue weighted by atomic mass is 9.87. The van der Waals surface area contributed by atoms with Crippen molar-refractivity contribution in [2.45, 2.75) is 40.0 Å². The third kappa shape index (κ3) is 4.78. The van der Waals surface area contributed by atoms with Crippen molar-refractivity contribution in [3.63, 3.8) is 0 Å². The maximum absolute atomic E-state index is 13.5. The highest BCUT2D eigenvalue weighted by Gasteiger charge is 2.22. The zero-order chi connectivity index (χ0) is 22.9. The average Bonchev–Trinajstić information content (AvgIpc) is 3.17. The fourth-order valence-electron chi connectivity index (χ4n) is 3.31. The van der Waals surface area contributed by atoms with Crippen molar-refractivity contribution in [2.24, 2.45) is 5.10 Å². The summed E-state index contributed by atoms with van der Waals surface area (Å²) in [5, 5.41) is 6.53. The molecule has 1 heterocycles. The van der Waals surface area contributed by atoms with E-state index in [0.717, 1.165) is 21.3 Å². The second-order valence-corrected chi connectivity index (χ2v) is 10.1. The lowest BCUT2D eigenvalue weighted by molar-refractivity contribution is 0.0988. The van der Waals surface area contributed by atoms with Gasteiger partial charge in [-0.1, -0.05) is 80.1 Å². The first kappa shape index (κ1) is 21.9. The molecule has 4 nitrogen and oxygen atoms in total. The number of aryl methyl sites for hydroxylation is 2. The summed E-state index contributed by atoms with van der Waals surface area (Å²) in [6.07, 6.45) is 1.71. The van der Waals surface area contributed by atoms with E-state index in [1.54, 1.807) is 6.21 Å². The molecule has 0 fully saturated rings. The first-order chi connectivity index (χ1) is 15.2. The van der Waals surface area contributed by atoms with E-state index in [1.807, 2.05) is 74.5 Å². The molecule has 3 aromatic carbocycles. The number of hydrogen-bond acceptors (Lipinski definition) is 4. The topological polar surface area (TPSA) is 45.6 Å². The lowest BCUT2D eigenvalue weighted by Gasteiger charge is -2.19. The molecular weight excluding hydrogens is 414 g/mol. The Hall–Kier alpha value is -3.31. The molecule has 0 aliphatic rings. The van der Waals surface area contributed by atoms with Crippen LogP contribution in [0.5, 0.6) is 0 Å². The van der Waals surface area contributed by atoms with Gasteiger partial charge < -0.3 is 0 Å². The Bertz CT molecular complexity index is 1280. The van der Waals surface area contributed by atoms with Crippen molar-refractivity contribution in [3.05, 3.63) is 94.5 Å². The van der Waals surface area contributed by atoms with Gasteiger partial charge >= 0.3 is 0 Å².